The highest BCUT2D eigenvalue weighted by Gasteiger charge is 2.36. The first-order chi connectivity index (χ1) is 11.8. The topological polar surface area (TPSA) is 119 Å². The van der Waals surface area contributed by atoms with E-state index in [1.165, 1.54) is 0 Å². The highest BCUT2D eigenvalue weighted by Crippen LogP contribution is 2.34. The summed E-state index contributed by atoms with van der Waals surface area (Å²) in [6.07, 6.45) is 0.404. The van der Waals surface area contributed by atoms with Crippen LogP contribution < -0.4 is 20.9 Å². The van der Waals surface area contributed by atoms with Crippen LogP contribution in [0, 0.1) is 12.8 Å². The Kier molecular flexibility index (Phi) is 4.40. The lowest BCUT2D eigenvalue weighted by molar-refractivity contribution is -0.118. The third-order valence-corrected chi connectivity index (χ3v) is 4.77. The van der Waals surface area contributed by atoms with Crippen LogP contribution in [0.3, 0.4) is 0 Å². The molecule has 1 aromatic rings. The van der Waals surface area contributed by atoms with E-state index in [-0.39, 0.29) is 30.0 Å². The SMILES string of the molecule is Cc1nc(NC2CC(NC(=O)O)C2)nc2c1NC(=O)[C@H](C(C)C)N2C. The van der Waals surface area contributed by atoms with Crippen LogP contribution in [0.1, 0.15) is 32.4 Å². The third kappa shape index (κ3) is 3.31. The number of nitrogens with zero attached hydrogens (tertiary/aromatic N) is 3. The number of nitrogens with one attached hydrogen (secondary N) is 3. The van der Waals surface area contributed by atoms with Gasteiger partial charge in [-0.05, 0) is 25.7 Å². The molecule has 1 fully saturated rings. The molecule has 2 amide bonds. The molecule has 136 valence electrons. The van der Waals surface area contributed by atoms with Gasteiger partial charge in [-0.25, -0.2) is 9.78 Å². The molecule has 0 spiro atoms. The first-order valence-corrected chi connectivity index (χ1v) is 8.44. The van der Waals surface area contributed by atoms with Crippen LogP contribution in [0.15, 0.2) is 0 Å². The Balaban J connectivity index is 1.75. The van der Waals surface area contributed by atoms with E-state index in [1.54, 1.807) is 0 Å². The Bertz CT molecular complexity index is 701. The molecule has 1 aromatic heterocycles. The normalized spacial score (nSPS) is 25.1. The van der Waals surface area contributed by atoms with Crippen molar-refractivity contribution in [1.82, 2.24) is 15.3 Å². The molecule has 0 saturated heterocycles. The Morgan fingerprint density at radius 1 is 1.32 bits per heavy atom. The van der Waals surface area contributed by atoms with Crippen molar-refractivity contribution in [3.63, 3.8) is 0 Å². The number of anilines is 3. The number of likely N-dealkylation sites (N-methyl/N-ethyl adjacent to an activating group) is 1. The van der Waals surface area contributed by atoms with E-state index in [9.17, 15) is 9.59 Å². The van der Waals surface area contributed by atoms with Crippen LogP contribution in [0.25, 0.3) is 0 Å². The molecule has 4 N–H and O–H groups in total. The number of carbonyl (C=O) groups excluding carboxylic acids is 1. The number of hydrogen-bond donors (Lipinski definition) is 4. The van der Waals surface area contributed by atoms with Gasteiger partial charge in [-0.1, -0.05) is 13.8 Å². The number of amides is 2. The lowest BCUT2D eigenvalue weighted by atomic mass is 9.87. The summed E-state index contributed by atoms with van der Waals surface area (Å²) < 4.78 is 0. The van der Waals surface area contributed by atoms with Crippen molar-refractivity contribution in [2.75, 3.05) is 22.6 Å². The van der Waals surface area contributed by atoms with Crippen LogP contribution >= 0.6 is 0 Å². The molecule has 1 aliphatic carbocycles. The zero-order valence-corrected chi connectivity index (χ0v) is 14.8. The minimum absolute atomic E-state index is 0.0268. The lowest BCUT2D eigenvalue weighted by Crippen LogP contribution is -2.50. The summed E-state index contributed by atoms with van der Waals surface area (Å²) in [6, 6.07) is -0.165. The molecule has 1 saturated carbocycles. The molecule has 0 aromatic carbocycles. The number of fused-ring (bicyclic) bond motifs is 1. The van der Waals surface area contributed by atoms with E-state index in [4.69, 9.17) is 5.11 Å². The van der Waals surface area contributed by atoms with Crippen molar-refractivity contribution in [1.29, 1.82) is 0 Å². The van der Waals surface area contributed by atoms with Gasteiger partial charge in [0.1, 0.15) is 11.7 Å². The van der Waals surface area contributed by atoms with E-state index < -0.39 is 6.09 Å². The van der Waals surface area contributed by atoms with Crippen molar-refractivity contribution in [3.8, 4) is 0 Å². The van der Waals surface area contributed by atoms with E-state index >= 15 is 0 Å². The average molecular weight is 348 g/mol. The zero-order chi connectivity index (χ0) is 18.3. The monoisotopic (exact) mass is 348 g/mol. The van der Waals surface area contributed by atoms with Gasteiger partial charge in [-0.2, -0.15) is 4.98 Å². The molecule has 3 rings (SSSR count). The molecule has 1 aliphatic heterocycles. The number of rotatable bonds is 4. The summed E-state index contributed by atoms with van der Waals surface area (Å²) in [5, 5.41) is 17.4. The fraction of sp³-hybridized carbons (Fsp3) is 0.625. The molecule has 9 nitrogen and oxygen atoms in total. The van der Waals surface area contributed by atoms with E-state index in [1.807, 2.05) is 32.7 Å². The van der Waals surface area contributed by atoms with Gasteiger partial charge in [0.05, 0.1) is 5.69 Å². The molecule has 0 bridgehead atoms. The molecular weight excluding hydrogens is 324 g/mol. The van der Waals surface area contributed by atoms with Gasteiger partial charge < -0.3 is 26.0 Å². The zero-order valence-electron chi connectivity index (χ0n) is 14.8. The summed E-state index contributed by atoms with van der Waals surface area (Å²) in [4.78, 5) is 33.9. The number of carbonyl (C=O) groups is 2. The van der Waals surface area contributed by atoms with Crippen LogP contribution in [0.5, 0.6) is 0 Å². The maximum absolute atomic E-state index is 12.3. The minimum Gasteiger partial charge on any atom is -0.465 e. The van der Waals surface area contributed by atoms with E-state index in [0.29, 0.717) is 36.0 Å². The number of hydrogen-bond acceptors (Lipinski definition) is 6. The fourth-order valence-corrected chi connectivity index (χ4v) is 3.49. The third-order valence-electron chi connectivity index (χ3n) is 4.77. The summed E-state index contributed by atoms with van der Waals surface area (Å²) in [5.41, 5.74) is 1.35. The van der Waals surface area contributed by atoms with Crippen molar-refractivity contribution < 1.29 is 14.7 Å². The van der Waals surface area contributed by atoms with Crippen molar-refractivity contribution in [3.05, 3.63) is 5.69 Å². The molecule has 1 atom stereocenters. The van der Waals surface area contributed by atoms with Gasteiger partial charge in [0.25, 0.3) is 0 Å². The number of aryl methyl sites for hydroxylation is 1. The lowest BCUT2D eigenvalue weighted by Gasteiger charge is -2.38. The maximum Gasteiger partial charge on any atom is 0.404 e. The van der Waals surface area contributed by atoms with Gasteiger partial charge >= 0.3 is 6.09 Å². The van der Waals surface area contributed by atoms with Crippen molar-refractivity contribution in [2.45, 2.75) is 51.7 Å². The smallest absolute Gasteiger partial charge is 0.404 e. The summed E-state index contributed by atoms with van der Waals surface area (Å²) >= 11 is 0. The average Bonchev–Trinajstić information content (AvgIpc) is 2.45. The van der Waals surface area contributed by atoms with Crippen LogP contribution in [-0.2, 0) is 4.79 Å². The Hall–Kier alpha value is -2.58. The first kappa shape index (κ1) is 17.2. The number of carboxylic acid groups (broad SMARTS) is 1. The van der Waals surface area contributed by atoms with Crippen molar-refractivity contribution >= 4 is 29.5 Å². The Morgan fingerprint density at radius 3 is 2.60 bits per heavy atom. The van der Waals surface area contributed by atoms with Gasteiger partial charge in [0.2, 0.25) is 11.9 Å². The second-order valence-corrected chi connectivity index (χ2v) is 7.08. The predicted octanol–water partition coefficient (Wildman–Crippen LogP) is 1.41. The van der Waals surface area contributed by atoms with Gasteiger partial charge in [0.15, 0.2) is 5.82 Å². The second kappa shape index (κ2) is 6.38. The Morgan fingerprint density at radius 2 is 2.00 bits per heavy atom. The number of aromatic nitrogens is 2. The summed E-state index contributed by atoms with van der Waals surface area (Å²) in [7, 11) is 1.87. The first-order valence-electron chi connectivity index (χ1n) is 8.44. The highest BCUT2D eigenvalue weighted by molar-refractivity contribution is 6.03. The largest absolute Gasteiger partial charge is 0.465 e. The molecule has 0 unspecified atom stereocenters. The van der Waals surface area contributed by atoms with E-state index in [0.717, 1.165) is 0 Å². The second-order valence-electron chi connectivity index (χ2n) is 7.08. The maximum atomic E-state index is 12.3. The van der Waals surface area contributed by atoms with Crippen LogP contribution in [0.4, 0.5) is 22.2 Å². The Labute approximate surface area is 146 Å². The highest BCUT2D eigenvalue weighted by atomic mass is 16.4. The van der Waals surface area contributed by atoms with Crippen molar-refractivity contribution in [2.24, 2.45) is 5.92 Å². The van der Waals surface area contributed by atoms with Crippen LogP contribution in [0.2, 0.25) is 0 Å². The van der Waals surface area contributed by atoms with Gasteiger partial charge in [-0.15, -0.1) is 0 Å². The summed E-state index contributed by atoms with van der Waals surface area (Å²) in [5.74, 6) is 1.31. The molecule has 9 heteroatoms. The molecule has 25 heavy (non-hydrogen) atoms. The quantitative estimate of drug-likeness (QED) is 0.649. The standard InChI is InChI=1S/C16H24N6O3/c1-7(2)12-14(23)20-11-8(3)17-15(21-13(11)22(12)4)18-9-5-10(6-9)19-16(24)25/h7,9-10,12,19H,5-6H2,1-4H3,(H,20,23)(H,24,25)(H,17,18,21)/t9?,10?,12-/m0/s1. The predicted molar refractivity (Wildman–Crippen MR) is 94.0 cm³/mol. The summed E-state index contributed by atoms with van der Waals surface area (Å²) in [6.45, 7) is 5.84. The van der Waals surface area contributed by atoms with E-state index in [2.05, 4.69) is 25.9 Å². The van der Waals surface area contributed by atoms with Gasteiger partial charge in [-0.3, -0.25) is 4.79 Å². The van der Waals surface area contributed by atoms with Gasteiger partial charge in [0, 0.05) is 19.1 Å². The minimum atomic E-state index is -0.999. The fourth-order valence-electron chi connectivity index (χ4n) is 3.49. The van der Waals surface area contributed by atoms with Crippen LogP contribution in [-0.4, -0.2) is 52.2 Å². The molecule has 2 aliphatic rings. The molecule has 2 heterocycles. The molecule has 0 radical (unpaired) electrons. The molecular formula is C16H24N6O3.